The number of rotatable bonds is 4. The van der Waals surface area contributed by atoms with Crippen molar-refractivity contribution in [3.05, 3.63) is 65.9 Å². The Hall–Kier alpha value is -3.20. The van der Waals surface area contributed by atoms with Crippen LogP contribution in [-0.2, 0) is 9.73 Å². The van der Waals surface area contributed by atoms with Crippen LogP contribution >= 0.6 is 11.9 Å². The Bertz CT molecular complexity index is 1370. The standard InChI is InChI=1S/C24H24F2N6OS2/c25-18-9-10-21(26)22(14-18)34-30-12-2-1-6-17-16-29-24-31-19-7-5-8-20(15-19)35(27,33)13-4-3-11-28-23(17)32-24/h5,7-10,14-16,27,30H,2-4,11-13H2,(H2,28,29,31,32). The fraction of sp³-hybridized carbons (Fsp3) is 0.250. The minimum Gasteiger partial charge on any atom is -0.369 e. The van der Waals surface area contributed by atoms with Crippen LogP contribution in [0.2, 0.25) is 0 Å². The predicted octanol–water partition coefficient (Wildman–Crippen LogP) is 5.15. The van der Waals surface area contributed by atoms with Gasteiger partial charge in [-0.3, -0.25) is 4.72 Å². The van der Waals surface area contributed by atoms with Crippen molar-refractivity contribution in [2.75, 3.05) is 29.5 Å². The normalized spacial score (nSPS) is 17.4. The summed E-state index contributed by atoms with van der Waals surface area (Å²) in [5, 5.41) is 6.37. The molecule has 2 aromatic carbocycles. The molecule has 0 amide bonds. The minimum absolute atomic E-state index is 0.191. The summed E-state index contributed by atoms with van der Waals surface area (Å²) < 4.78 is 51.0. The van der Waals surface area contributed by atoms with Gasteiger partial charge in [0.15, 0.2) is 0 Å². The van der Waals surface area contributed by atoms with Crippen LogP contribution in [0.5, 0.6) is 0 Å². The van der Waals surface area contributed by atoms with Gasteiger partial charge in [-0.15, -0.1) is 0 Å². The molecule has 4 N–H and O–H groups in total. The van der Waals surface area contributed by atoms with Gasteiger partial charge in [-0.2, -0.15) is 4.98 Å². The monoisotopic (exact) mass is 514 g/mol. The van der Waals surface area contributed by atoms with Crippen molar-refractivity contribution in [3.63, 3.8) is 0 Å². The number of fused-ring (bicyclic) bond motifs is 4. The molecule has 1 unspecified atom stereocenters. The van der Waals surface area contributed by atoms with Gasteiger partial charge in [0.25, 0.3) is 0 Å². The zero-order chi connectivity index (χ0) is 24.7. The van der Waals surface area contributed by atoms with Crippen LogP contribution in [0.1, 0.15) is 24.8 Å². The Morgan fingerprint density at radius 3 is 2.97 bits per heavy atom. The summed E-state index contributed by atoms with van der Waals surface area (Å²) in [6.45, 7) is 1.06. The van der Waals surface area contributed by atoms with E-state index in [1.54, 1.807) is 24.4 Å². The number of nitrogens with one attached hydrogen (secondary N) is 4. The topological polar surface area (TPSA) is 103 Å². The summed E-state index contributed by atoms with van der Waals surface area (Å²) in [4.78, 5) is 9.57. The Balaban J connectivity index is 1.43. The molecule has 1 aromatic heterocycles. The van der Waals surface area contributed by atoms with E-state index in [-0.39, 0.29) is 4.90 Å². The van der Waals surface area contributed by atoms with Crippen LogP contribution in [0.4, 0.5) is 26.2 Å². The van der Waals surface area contributed by atoms with Gasteiger partial charge in [-0.25, -0.2) is 22.8 Å². The van der Waals surface area contributed by atoms with Crippen LogP contribution in [0.25, 0.3) is 0 Å². The molecule has 4 bridgehead atoms. The van der Waals surface area contributed by atoms with Gasteiger partial charge in [0.05, 0.1) is 26.4 Å². The van der Waals surface area contributed by atoms with Crippen LogP contribution in [-0.4, -0.2) is 33.0 Å². The number of anilines is 3. The second kappa shape index (κ2) is 11.5. The average molecular weight is 515 g/mol. The van der Waals surface area contributed by atoms with Crippen molar-refractivity contribution < 1.29 is 13.0 Å². The summed E-state index contributed by atoms with van der Waals surface area (Å²) in [6, 6.07) is 10.3. The highest BCUT2D eigenvalue weighted by Gasteiger charge is 2.13. The Labute approximate surface area is 207 Å². The van der Waals surface area contributed by atoms with E-state index in [0.29, 0.717) is 59.6 Å². The summed E-state index contributed by atoms with van der Waals surface area (Å²) in [7, 11) is -2.86. The zero-order valence-corrected chi connectivity index (χ0v) is 20.4. The molecule has 1 atom stereocenters. The summed E-state index contributed by atoms with van der Waals surface area (Å²) >= 11 is 1.02. The first kappa shape index (κ1) is 24.9. The lowest BCUT2D eigenvalue weighted by Gasteiger charge is -2.10. The van der Waals surface area contributed by atoms with Crippen molar-refractivity contribution >= 4 is 39.1 Å². The quantitative estimate of drug-likeness (QED) is 0.217. The molecular formula is C24H24F2N6OS2. The van der Waals surface area contributed by atoms with Gasteiger partial charge < -0.3 is 10.6 Å². The molecule has 0 aliphatic carbocycles. The van der Waals surface area contributed by atoms with Crippen LogP contribution in [0.3, 0.4) is 0 Å². The number of benzene rings is 2. The lowest BCUT2D eigenvalue weighted by molar-refractivity contribution is 0.576. The minimum atomic E-state index is -2.86. The van der Waals surface area contributed by atoms with E-state index in [4.69, 9.17) is 4.78 Å². The van der Waals surface area contributed by atoms with Crippen molar-refractivity contribution in [2.24, 2.45) is 0 Å². The van der Waals surface area contributed by atoms with Gasteiger partial charge in [0.2, 0.25) is 5.95 Å². The fourth-order valence-corrected chi connectivity index (χ4v) is 5.45. The molecule has 35 heavy (non-hydrogen) atoms. The molecule has 0 radical (unpaired) electrons. The maximum absolute atomic E-state index is 13.7. The molecule has 182 valence electrons. The molecule has 3 aromatic rings. The molecule has 2 heterocycles. The van der Waals surface area contributed by atoms with E-state index < -0.39 is 21.4 Å². The number of halogens is 2. The first-order valence-corrected chi connectivity index (χ1v) is 13.5. The molecule has 0 saturated carbocycles. The predicted molar refractivity (Wildman–Crippen MR) is 135 cm³/mol. The lowest BCUT2D eigenvalue weighted by Crippen LogP contribution is -2.09. The van der Waals surface area contributed by atoms with Crippen molar-refractivity contribution in [1.82, 2.24) is 14.7 Å². The van der Waals surface area contributed by atoms with Crippen molar-refractivity contribution in [3.8, 4) is 11.8 Å². The highest BCUT2D eigenvalue weighted by atomic mass is 32.2. The molecule has 1 aliphatic rings. The highest BCUT2D eigenvalue weighted by molar-refractivity contribution is 7.97. The van der Waals surface area contributed by atoms with Crippen LogP contribution in [0, 0.1) is 28.3 Å². The van der Waals surface area contributed by atoms with Gasteiger partial charge in [0.1, 0.15) is 17.5 Å². The van der Waals surface area contributed by atoms with Crippen LogP contribution in [0.15, 0.2) is 58.5 Å². The number of hydrogen-bond donors (Lipinski definition) is 4. The van der Waals surface area contributed by atoms with E-state index in [9.17, 15) is 13.0 Å². The maximum atomic E-state index is 13.7. The van der Waals surface area contributed by atoms with Gasteiger partial charge in [0, 0.05) is 35.8 Å². The third-order valence-corrected chi connectivity index (χ3v) is 7.82. The maximum Gasteiger partial charge on any atom is 0.229 e. The SMILES string of the molecule is N=S1(=O)CCCCNc2nc(ncc2C#CCCNSc2cc(F)ccc2F)Nc2cccc1c2. The molecule has 11 heteroatoms. The second-order valence-electron chi connectivity index (χ2n) is 7.74. The fourth-order valence-electron chi connectivity index (χ4n) is 3.29. The highest BCUT2D eigenvalue weighted by Crippen LogP contribution is 2.23. The zero-order valence-electron chi connectivity index (χ0n) is 18.7. The molecular weight excluding hydrogens is 490 g/mol. The Morgan fingerprint density at radius 2 is 2.09 bits per heavy atom. The Morgan fingerprint density at radius 1 is 1.20 bits per heavy atom. The van der Waals surface area contributed by atoms with Gasteiger partial charge in [-0.05, 0) is 61.2 Å². The molecule has 0 fully saturated rings. The third kappa shape index (κ3) is 6.91. The van der Waals surface area contributed by atoms with E-state index >= 15 is 0 Å². The molecule has 0 saturated heterocycles. The van der Waals surface area contributed by atoms with Crippen molar-refractivity contribution in [1.29, 1.82) is 4.78 Å². The average Bonchev–Trinajstić information content (AvgIpc) is 2.84. The van der Waals surface area contributed by atoms with Gasteiger partial charge >= 0.3 is 0 Å². The smallest absolute Gasteiger partial charge is 0.229 e. The molecule has 4 rings (SSSR count). The summed E-state index contributed by atoms with van der Waals surface area (Å²) in [5.41, 5.74) is 1.29. The Kier molecular flexibility index (Phi) is 8.17. The summed E-state index contributed by atoms with van der Waals surface area (Å²) in [6.07, 6.45) is 3.48. The third-order valence-electron chi connectivity index (χ3n) is 5.06. The lowest BCUT2D eigenvalue weighted by atomic mass is 10.2. The van der Waals surface area contributed by atoms with Crippen LogP contribution < -0.4 is 15.4 Å². The largest absolute Gasteiger partial charge is 0.369 e. The van der Waals surface area contributed by atoms with E-state index in [1.807, 2.05) is 6.07 Å². The summed E-state index contributed by atoms with van der Waals surface area (Å²) in [5.74, 6) is 6.38. The number of nitrogens with zero attached hydrogens (tertiary/aromatic N) is 2. The molecule has 1 aliphatic heterocycles. The molecule has 7 nitrogen and oxygen atoms in total. The van der Waals surface area contributed by atoms with E-state index in [2.05, 4.69) is 37.2 Å². The number of aromatic nitrogens is 2. The first-order chi connectivity index (χ1) is 16.9. The first-order valence-electron chi connectivity index (χ1n) is 11.0. The van der Waals surface area contributed by atoms with Crippen molar-refractivity contribution in [2.45, 2.75) is 29.1 Å². The second-order valence-corrected chi connectivity index (χ2v) is 10.9. The molecule has 0 spiro atoms. The van der Waals surface area contributed by atoms with Gasteiger partial charge in [-0.1, -0.05) is 17.9 Å². The van der Waals surface area contributed by atoms with E-state index in [0.717, 1.165) is 36.6 Å². The van der Waals surface area contributed by atoms with E-state index in [1.165, 1.54) is 0 Å². The number of hydrogen-bond acceptors (Lipinski definition) is 8.